The molecule has 2 aromatic heterocycles. The summed E-state index contributed by atoms with van der Waals surface area (Å²) in [4.78, 5) is 4.38. The number of rotatable bonds is 5. The number of tetrazole rings is 1. The molecule has 2 rings (SSSR count). The number of hydrogen-bond acceptors (Lipinski definition) is 7. The molecule has 0 aromatic carbocycles. The topological polar surface area (TPSA) is 82.5 Å². The zero-order valence-corrected chi connectivity index (χ0v) is 10.5. The van der Waals surface area contributed by atoms with Crippen molar-refractivity contribution in [2.45, 2.75) is 24.4 Å². The van der Waals surface area contributed by atoms with E-state index < -0.39 is 0 Å². The minimum atomic E-state index is 0.536. The summed E-state index contributed by atoms with van der Waals surface area (Å²) < 4.78 is 1.71. The van der Waals surface area contributed by atoms with Crippen molar-refractivity contribution in [1.82, 2.24) is 25.2 Å². The molecule has 0 fully saturated rings. The summed E-state index contributed by atoms with van der Waals surface area (Å²) in [6.45, 7) is 3.18. The molecule has 16 heavy (non-hydrogen) atoms. The van der Waals surface area contributed by atoms with Gasteiger partial charge in [-0.2, -0.15) is 0 Å². The fraction of sp³-hybridized carbons (Fsp3) is 0.500. The summed E-state index contributed by atoms with van der Waals surface area (Å²) in [5, 5.41) is 15.4. The predicted molar refractivity (Wildman–Crippen MR) is 63.3 cm³/mol. The number of nitrogens with zero attached hydrogens (tertiary/aromatic N) is 5. The Bertz CT molecular complexity index is 451. The highest BCUT2D eigenvalue weighted by molar-refractivity contribution is 7.98. The van der Waals surface area contributed by atoms with Crippen LogP contribution in [-0.4, -0.2) is 31.7 Å². The Kier molecular flexibility index (Phi) is 3.86. The molecule has 6 nitrogen and oxygen atoms in total. The van der Waals surface area contributed by atoms with Crippen LogP contribution in [0.3, 0.4) is 0 Å². The van der Waals surface area contributed by atoms with Gasteiger partial charge in [0.15, 0.2) is 0 Å². The van der Waals surface area contributed by atoms with Crippen LogP contribution in [0.5, 0.6) is 0 Å². The van der Waals surface area contributed by atoms with E-state index in [1.807, 2.05) is 6.92 Å². The number of thioether (sulfide) groups is 1. The van der Waals surface area contributed by atoms with Crippen LogP contribution in [0, 0.1) is 6.92 Å². The van der Waals surface area contributed by atoms with Crippen molar-refractivity contribution in [3.8, 4) is 0 Å². The quantitative estimate of drug-likeness (QED) is 0.792. The number of nitrogens with two attached hydrogens (primary N) is 1. The molecule has 2 aromatic rings. The molecule has 0 radical (unpaired) electrons. The highest BCUT2D eigenvalue weighted by atomic mass is 32.2. The first-order valence-electron chi connectivity index (χ1n) is 4.79. The van der Waals surface area contributed by atoms with E-state index in [0.29, 0.717) is 13.1 Å². The molecule has 0 amide bonds. The van der Waals surface area contributed by atoms with Gasteiger partial charge in [-0.05, 0) is 17.4 Å². The molecule has 0 aliphatic rings. The third-order valence-electron chi connectivity index (χ3n) is 1.86. The molecule has 2 heterocycles. The van der Waals surface area contributed by atoms with Crippen molar-refractivity contribution >= 4 is 23.1 Å². The van der Waals surface area contributed by atoms with E-state index in [4.69, 9.17) is 5.73 Å². The van der Waals surface area contributed by atoms with Crippen LogP contribution in [-0.2, 0) is 12.3 Å². The third-order valence-corrected chi connectivity index (χ3v) is 3.67. The average molecular weight is 256 g/mol. The molecule has 0 saturated heterocycles. The van der Waals surface area contributed by atoms with Crippen LogP contribution in [0.2, 0.25) is 0 Å². The van der Waals surface area contributed by atoms with Crippen LogP contribution >= 0.6 is 23.1 Å². The van der Waals surface area contributed by atoms with Crippen LogP contribution in [0.4, 0.5) is 0 Å². The van der Waals surface area contributed by atoms with Gasteiger partial charge in [0.25, 0.3) is 0 Å². The van der Waals surface area contributed by atoms with Crippen molar-refractivity contribution in [2.75, 3.05) is 6.54 Å². The highest BCUT2D eigenvalue weighted by Gasteiger charge is 2.07. The van der Waals surface area contributed by atoms with E-state index in [2.05, 4.69) is 25.9 Å². The van der Waals surface area contributed by atoms with Gasteiger partial charge in [-0.1, -0.05) is 11.8 Å². The Labute approximate surface area is 101 Å². The molecule has 8 heteroatoms. The molecule has 0 saturated carbocycles. The molecular weight excluding hydrogens is 244 g/mol. The first kappa shape index (κ1) is 11.5. The second kappa shape index (κ2) is 5.37. The Hall–Kier alpha value is -0.990. The Morgan fingerprint density at radius 1 is 1.56 bits per heavy atom. The van der Waals surface area contributed by atoms with Crippen LogP contribution in [0.15, 0.2) is 10.5 Å². The maximum atomic E-state index is 5.46. The molecule has 0 spiro atoms. The zero-order chi connectivity index (χ0) is 11.4. The van der Waals surface area contributed by atoms with Gasteiger partial charge in [-0.25, -0.2) is 9.67 Å². The molecule has 86 valence electrons. The van der Waals surface area contributed by atoms with Crippen molar-refractivity contribution in [3.05, 3.63) is 16.1 Å². The van der Waals surface area contributed by atoms with Gasteiger partial charge in [0.2, 0.25) is 5.16 Å². The lowest BCUT2D eigenvalue weighted by Gasteiger charge is -2.00. The van der Waals surface area contributed by atoms with E-state index in [9.17, 15) is 0 Å². The van der Waals surface area contributed by atoms with E-state index >= 15 is 0 Å². The molecule has 0 aliphatic heterocycles. The molecule has 0 unspecified atom stereocenters. The zero-order valence-electron chi connectivity index (χ0n) is 8.83. The van der Waals surface area contributed by atoms with Gasteiger partial charge in [0.05, 0.1) is 17.2 Å². The van der Waals surface area contributed by atoms with Crippen LogP contribution in [0.25, 0.3) is 0 Å². The molecule has 0 bridgehead atoms. The van der Waals surface area contributed by atoms with Crippen LogP contribution in [0.1, 0.15) is 10.7 Å². The Morgan fingerprint density at radius 2 is 2.44 bits per heavy atom. The van der Waals surface area contributed by atoms with Crippen molar-refractivity contribution in [3.63, 3.8) is 0 Å². The summed E-state index contributed by atoms with van der Waals surface area (Å²) in [5.74, 6) is 0.787. The fourth-order valence-electron chi connectivity index (χ4n) is 1.18. The van der Waals surface area contributed by atoms with Gasteiger partial charge in [-0.3, -0.25) is 0 Å². The number of aromatic nitrogens is 5. The molecule has 0 aliphatic carbocycles. The predicted octanol–water partition coefficient (Wildman–Crippen LogP) is 0.689. The molecular formula is C8H12N6S2. The maximum absolute atomic E-state index is 5.46. The Morgan fingerprint density at radius 3 is 3.12 bits per heavy atom. The number of thiazole rings is 1. The second-order valence-electron chi connectivity index (χ2n) is 3.12. The van der Waals surface area contributed by atoms with E-state index in [-0.39, 0.29) is 0 Å². The lowest BCUT2D eigenvalue weighted by molar-refractivity contribution is 0.557. The monoisotopic (exact) mass is 256 g/mol. The summed E-state index contributed by atoms with van der Waals surface area (Å²) in [6.07, 6.45) is 0. The first-order valence-corrected chi connectivity index (χ1v) is 6.66. The van der Waals surface area contributed by atoms with Crippen LogP contribution < -0.4 is 5.73 Å². The summed E-state index contributed by atoms with van der Waals surface area (Å²) >= 11 is 3.23. The van der Waals surface area contributed by atoms with E-state index in [1.165, 1.54) is 0 Å². The van der Waals surface area contributed by atoms with Crippen molar-refractivity contribution in [2.24, 2.45) is 5.73 Å². The number of hydrogen-bond donors (Lipinski definition) is 1. The second-order valence-corrected chi connectivity index (χ2v) is 5.12. The largest absolute Gasteiger partial charge is 0.329 e. The molecule has 0 atom stereocenters. The number of aryl methyl sites for hydroxylation is 1. The Balaban J connectivity index is 1.96. The average Bonchev–Trinajstić information content (AvgIpc) is 2.85. The van der Waals surface area contributed by atoms with E-state index in [0.717, 1.165) is 21.6 Å². The standard InChI is InChI=1S/C8H12N6S2/c1-6-10-7(4-15-6)5-16-8-11-12-13-14(8)3-2-9/h4H,2-3,5,9H2,1H3. The normalized spacial score (nSPS) is 10.9. The lowest BCUT2D eigenvalue weighted by atomic mass is 10.6. The minimum absolute atomic E-state index is 0.536. The van der Waals surface area contributed by atoms with Gasteiger partial charge in [0, 0.05) is 17.7 Å². The van der Waals surface area contributed by atoms with Crippen molar-refractivity contribution in [1.29, 1.82) is 0 Å². The van der Waals surface area contributed by atoms with E-state index in [1.54, 1.807) is 27.8 Å². The van der Waals surface area contributed by atoms with Crippen molar-refractivity contribution < 1.29 is 0 Å². The third kappa shape index (κ3) is 2.77. The van der Waals surface area contributed by atoms with Gasteiger partial charge >= 0.3 is 0 Å². The SMILES string of the molecule is Cc1nc(CSc2nnnn2CCN)cs1. The van der Waals surface area contributed by atoms with Gasteiger partial charge in [-0.15, -0.1) is 16.4 Å². The van der Waals surface area contributed by atoms with Gasteiger partial charge < -0.3 is 5.73 Å². The lowest BCUT2D eigenvalue weighted by Crippen LogP contribution is -2.12. The molecule has 2 N–H and O–H groups in total. The summed E-state index contributed by atoms with van der Waals surface area (Å²) in [6, 6.07) is 0. The smallest absolute Gasteiger partial charge is 0.209 e. The first-order chi connectivity index (χ1) is 7.79. The highest BCUT2D eigenvalue weighted by Crippen LogP contribution is 2.20. The maximum Gasteiger partial charge on any atom is 0.209 e. The van der Waals surface area contributed by atoms with Gasteiger partial charge in [0.1, 0.15) is 0 Å². The summed E-state index contributed by atoms with van der Waals surface area (Å²) in [5.41, 5.74) is 6.53. The minimum Gasteiger partial charge on any atom is -0.329 e. The fourth-order valence-corrected chi connectivity index (χ4v) is 2.69. The summed E-state index contributed by atoms with van der Waals surface area (Å²) in [7, 11) is 0.